The number of rotatable bonds is 2. The number of hydrogen-bond acceptors (Lipinski definition) is 3. The van der Waals surface area contributed by atoms with E-state index in [1.165, 1.54) is 0 Å². The van der Waals surface area contributed by atoms with Crippen molar-refractivity contribution in [3.05, 3.63) is 30.0 Å². The highest BCUT2D eigenvalue weighted by molar-refractivity contribution is 5.96. The maximum atomic E-state index is 11.5. The van der Waals surface area contributed by atoms with Crippen LogP contribution in [0.3, 0.4) is 0 Å². The second-order valence-electron chi connectivity index (χ2n) is 3.27. The first-order valence-corrected chi connectivity index (χ1v) is 4.78. The van der Waals surface area contributed by atoms with Crippen molar-refractivity contribution >= 4 is 22.6 Å². The Morgan fingerprint density at radius 2 is 2.27 bits per heavy atom. The smallest absolute Gasteiger partial charge is 0.287 e. The number of nitrogens with two attached hydrogens (primary N) is 1. The zero-order chi connectivity index (χ0) is 10.8. The van der Waals surface area contributed by atoms with Crippen molar-refractivity contribution in [3.63, 3.8) is 0 Å². The van der Waals surface area contributed by atoms with Gasteiger partial charge in [0.1, 0.15) is 5.58 Å². The number of nitrogens with one attached hydrogen (secondary N) is 1. The molecule has 1 aromatic carbocycles. The SMILES string of the molecule is CCNC(=O)c1cc2cc(N)ccc2o1. The van der Waals surface area contributed by atoms with Crippen molar-refractivity contribution in [1.82, 2.24) is 5.32 Å². The lowest BCUT2D eigenvalue weighted by Crippen LogP contribution is -2.21. The average Bonchev–Trinajstić information content (AvgIpc) is 2.60. The number of anilines is 1. The molecule has 0 spiro atoms. The molecule has 2 aromatic rings. The van der Waals surface area contributed by atoms with Gasteiger partial charge in [0.05, 0.1) is 0 Å². The molecule has 0 aliphatic rings. The Morgan fingerprint density at radius 1 is 1.47 bits per heavy atom. The van der Waals surface area contributed by atoms with Crippen LogP contribution < -0.4 is 11.1 Å². The first-order chi connectivity index (χ1) is 7.20. The minimum Gasteiger partial charge on any atom is -0.451 e. The molecule has 0 bridgehead atoms. The summed E-state index contributed by atoms with van der Waals surface area (Å²) in [5, 5.41) is 3.52. The van der Waals surface area contributed by atoms with Crippen LogP contribution in [0.15, 0.2) is 28.7 Å². The lowest BCUT2D eigenvalue weighted by molar-refractivity contribution is 0.0930. The van der Waals surface area contributed by atoms with Gasteiger partial charge in [-0.3, -0.25) is 4.79 Å². The summed E-state index contributed by atoms with van der Waals surface area (Å²) in [4.78, 5) is 11.5. The summed E-state index contributed by atoms with van der Waals surface area (Å²) < 4.78 is 5.37. The van der Waals surface area contributed by atoms with Gasteiger partial charge < -0.3 is 15.5 Å². The average molecular weight is 204 g/mol. The van der Waals surface area contributed by atoms with Crippen molar-refractivity contribution < 1.29 is 9.21 Å². The van der Waals surface area contributed by atoms with Gasteiger partial charge in [-0.15, -0.1) is 0 Å². The van der Waals surface area contributed by atoms with Crippen LogP contribution in [0, 0.1) is 0 Å². The summed E-state index contributed by atoms with van der Waals surface area (Å²) in [7, 11) is 0. The maximum absolute atomic E-state index is 11.5. The molecular formula is C11H12N2O2. The maximum Gasteiger partial charge on any atom is 0.287 e. The van der Waals surface area contributed by atoms with Crippen LogP contribution in [0.4, 0.5) is 5.69 Å². The van der Waals surface area contributed by atoms with Gasteiger partial charge in [0.2, 0.25) is 0 Å². The van der Waals surface area contributed by atoms with Gasteiger partial charge in [0.25, 0.3) is 5.91 Å². The van der Waals surface area contributed by atoms with Gasteiger partial charge in [-0.25, -0.2) is 0 Å². The number of furan rings is 1. The van der Waals surface area contributed by atoms with E-state index in [1.807, 2.05) is 6.92 Å². The Labute approximate surface area is 87.1 Å². The zero-order valence-corrected chi connectivity index (χ0v) is 8.41. The third-order valence-corrected chi connectivity index (χ3v) is 2.10. The Hall–Kier alpha value is -1.97. The van der Waals surface area contributed by atoms with Crippen LogP contribution in [-0.2, 0) is 0 Å². The summed E-state index contributed by atoms with van der Waals surface area (Å²) in [6.45, 7) is 2.44. The number of carbonyl (C=O) groups is 1. The van der Waals surface area contributed by atoms with Gasteiger partial charge in [-0.05, 0) is 31.2 Å². The van der Waals surface area contributed by atoms with E-state index in [0.29, 0.717) is 23.6 Å². The lowest BCUT2D eigenvalue weighted by atomic mass is 10.2. The van der Waals surface area contributed by atoms with E-state index < -0.39 is 0 Å². The van der Waals surface area contributed by atoms with Crippen LogP contribution in [0.5, 0.6) is 0 Å². The molecule has 0 unspecified atom stereocenters. The number of benzene rings is 1. The number of carbonyl (C=O) groups excluding carboxylic acids is 1. The predicted octanol–water partition coefficient (Wildman–Crippen LogP) is 1.76. The van der Waals surface area contributed by atoms with Crippen molar-refractivity contribution in [1.29, 1.82) is 0 Å². The second-order valence-corrected chi connectivity index (χ2v) is 3.27. The minimum absolute atomic E-state index is 0.202. The molecule has 1 aromatic heterocycles. The van der Waals surface area contributed by atoms with Gasteiger partial charge in [0.15, 0.2) is 5.76 Å². The molecule has 15 heavy (non-hydrogen) atoms. The molecule has 1 amide bonds. The van der Waals surface area contributed by atoms with Crippen LogP contribution >= 0.6 is 0 Å². The standard InChI is InChI=1S/C11H12N2O2/c1-2-13-11(14)10-6-7-5-8(12)3-4-9(7)15-10/h3-6H,2,12H2,1H3,(H,13,14). The predicted molar refractivity (Wildman–Crippen MR) is 58.6 cm³/mol. The largest absolute Gasteiger partial charge is 0.451 e. The Bertz CT molecular complexity index is 502. The van der Waals surface area contributed by atoms with E-state index in [9.17, 15) is 4.79 Å². The van der Waals surface area contributed by atoms with Crippen LogP contribution in [0.1, 0.15) is 17.5 Å². The Morgan fingerprint density at radius 3 is 3.00 bits per heavy atom. The fourth-order valence-electron chi connectivity index (χ4n) is 1.42. The highest BCUT2D eigenvalue weighted by atomic mass is 16.3. The van der Waals surface area contributed by atoms with Gasteiger partial charge in [-0.2, -0.15) is 0 Å². The van der Waals surface area contributed by atoms with Crippen molar-refractivity contribution in [2.45, 2.75) is 6.92 Å². The minimum atomic E-state index is -0.202. The molecule has 0 atom stereocenters. The molecule has 4 nitrogen and oxygen atoms in total. The van der Waals surface area contributed by atoms with Crippen LogP contribution in [-0.4, -0.2) is 12.5 Å². The number of fused-ring (bicyclic) bond motifs is 1. The lowest BCUT2D eigenvalue weighted by Gasteiger charge is -1.95. The fraction of sp³-hybridized carbons (Fsp3) is 0.182. The fourth-order valence-corrected chi connectivity index (χ4v) is 1.42. The van der Waals surface area contributed by atoms with Crippen LogP contribution in [0.25, 0.3) is 11.0 Å². The zero-order valence-electron chi connectivity index (χ0n) is 8.41. The Kier molecular flexibility index (Phi) is 2.33. The summed E-state index contributed by atoms with van der Waals surface area (Å²) >= 11 is 0. The number of nitrogen functional groups attached to an aromatic ring is 1. The molecule has 3 N–H and O–H groups in total. The first kappa shape index (κ1) is 9.58. The van der Waals surface area contributed by atoms with E-state index in [-0.39, 0.29) is 5.91 Å². The van der Waals surface area contributed by atoms with Gasteiger partial charge >= 0.3 is 0 Å². The molecule has 0 saturated heterocycles. The molecule has 0 saturated carbocycles. The molecular weight excluding hydrogens is 192 g/mol. The van der Waals surface area contributed by atoms with E-state index in [0.717, 1.165) is 5.39 Å². The highest BCUT2D eigenvalue weighted by Crippen LogP contribution is 2.21. The monoisotopic (exact) mass is 204 g/mol. The van der Waals surface area contributed by atoms with E-state index in [2.05, 4.69) is 5.32 Å². The van der Waals surface area contributed by atoms with Crippen LogP contribution in [0.2, 0.25) is 0 Å². The third-order valence-electron chi connectivity index (χ3n) is 2.10. The second kappa shape index (κ2) is 3.65. The summed E-state index contributed by atoms with van der Waals surface area (Å²) in [5.41, 5.74) is 6.96. The summed E-state index contributed by atoms with van der Waals surface area (Å²) in [6.07, 6.45) is 0. The molecule has 0 radical (unpaired) electrons. The number of amides is 1. The molecule has 78 valence electrons. The quantitative estimate of drug-likeness (QED) is 0.732. The summed E-state index contributed by atoms with van der Waals surface area (Å²) in [5.74, 6) is 0.115. The molecule has 0 aliphatic carbocycles. The van der Waals surface area contributed by atoms with E-state index >= 15 is 0 Å². The normalized spacial score (nSPS) is 10.5. The summed E-state index contributed by atoms with van der Waals surface area (Å²) in [6, 6.07) is 6.97. The molecule has 0 aliphatic heterocycles. The van der Waals surface area contributed by atoms with E-state index in [4.69, 9.17) is 10.2 Å². The molecule has 1 heterocycles. The van der Waals surface area contributed by atoms with Gasteiger partial charge in [-0.1, -0.05) is 0 Å². The van der Waals surface area contributed by atoms with Crippen molar-refractivity contribution in [2.75, 3.05) is 12.3 Å². The van der Waals surface area contributed by atoms with Gasteiger partial charge in [0, 0.05) is 17.6 Å². The first-order valence-electron chi connectivity index (χ1n) is 4.78. The molecule has 0 fully saturated rings. The molecule has 4 heteroatoms. The topological polar surface area (TPSA) is 68.3 Å². The third kappa shape index (κ3) is 1.79. The van der Waals surface area contributed by atoms with Crippen molar-refractivity contribution in [2.24, 2.45) is 0 Å². The highest BCUT2D eigenvalue weighted by Gasteiger charge is 2.10. The number of hydrogen-bond donors (Lipinski definition) is 2. The molecule has 2 rings (SSSR count). The van der Waals surface area contributed by atoms with E-state index in [1.54, 1.807) is 24.3 Å². The van der Waals surface area contributed by atoms with Crippen molar-refractivity contribution in [3.8, 4) is 0 Å². The Balaban J connectivity index is 2.42.